The van der Waals surface area contributed by atoms with E-state index in [9.17, 15) is 13.2 Å². The zero-order chi connectivity index (χ0) is 15.3. The van der Waals surface area contributed by atoms with Gasteiger partial charge in [0.1, 0.15) is 0 Å². The van der Waals surface area contributed by atoms with Crippen LogP contribution in [0.5, 0.6) is 0 Å². The first-order valence-electron chi connectivity index (χ1n) is 6.80. The van der Waals surface area contributed by atoms with Crippen LogP contribution >= 0.6 is 0 Å². The highest BCUT2D eigenvalue weighted by molar-refractivity contribution is 5.26. The van der Waals surface area contributed by atoms with Crippen LogP contribution in [-0.2, 0) is 25.7 Å². The van der Waals surface area contributed by atoms with Crippen LogP contribution in [0.2, 0.25) is 0 Å². The van der Waals surface area contributed by atoms with Crippen LogP contribution in [0.15, 0.2) is 42.6 Å². The van der Waals surface area contributed by atoms with Crippen molar-refractivity contribution < 1.29 is 13.2 Å². The molecular formula is C16H17F3N2. The molecule has 0 amide bonds. The lowest BCUT2D eigenvalue weighted by Crippen LogP contribution is -2.15. The Morgan fingerprint density at radius 1 is 1.10 bits per heavy atom. The maximum atomic E-state index is 12.6. The number of benzene rings is 1. The van der Waals surface area contributed by atoms with Crippen molar-refractivity contribution in [1.82, 2.24) is 10.3 Å². The van der Waals surface area contributed by atoms with Gasteiger partial charge in [-0.05, 0) is 29.7 Å². The Labute approximate surface area is 122 Å². The molecule has 1 heterocycles. The Kier molecular flexibility index (Phi) is 4.96. The largest absolute Gasteiger partial charge is 0.416 e. The highest BCUT2D eigenvalue weighted by atomic mass is 19.4. The summed E-state index contributed by atoms with van der Waals surface area (Å²) in [6.07, 6.45) is -1.69. The van der Waals surface area contributed by atoms with Crippen LogP contribution in [0.1, 0.15) is 29.3 Å². The van der Waals surface area contributed by atoms with Crippen molar-refractivity contribution in [2.75, 3.05) is 0 Å². The first-order chi connectivity index (χ1) is 10.0. The van der Waals surface area contributed by atoms with Gasteiger partial charge in [-0.15, -0.1) is 0 Å². The standard InChI is InChI=1S/C16H17F3N2/c1-2-13-6-4-8-21-15(13)11-20-10-12-5-3-7-14(9-12)16(17,18)19/h3-9,20H,2,10-11H2,1H3. The Bertz CT molecular complexity index is 594. The van der Waals surface area contributed by atoms with Crippen molar-refractivity contribution in [3.8, 4) is 0 Å². The van der Waals surface area contributed by atoms with E-state index in [4.69, 9.17) is 0 Å². The average molecular weight is 294 g/mol. The van der Waals surface area contributed by atoms with Crippen molar-refractivity contribution in [2.24, 2.45) is 0 Å². The number of nitrogens with one attached hydrogen (secondary N) is 1. The van der Waals surface area contributed by atoms with E-state index in [0.717, 1.165) is 23.7 Å². The fraction of sp³-hybridized carbons (Fsp3) is 0.312. The molecule has 5 heteroatoms. The topological polar surface area (TPSA) is 24.9 Å². The van der Waals surface area contributed by atoms with Crippen molar-refractivity contribution in [2.45, 2.75) is 32.6 Å². The van der Waals surface area contributed by atoms with E-state index in [0.29, 0.717) is 18.7 Å². The second kappa shape index (κ2) is 6.72. The average Bonchev–Trinajstić information content (AvgIpc) is 2.47. The molecule has 0 radical (unpaired) electrons. The lowest BCUT2D eigenvalue weighted by molar-refractivity contribution is -0.137. The van der Waals surface area contributed by atoms with E-state index >= 15 is 0 Å². The van der Waals surface area contributed by atoms with Gasteiger partial charge in [0.15, 0.2) is 0 Å². The molecule has 2 rings (SSSR count). The molecule has 2 nitrogen and oxygen atoms in total. The molecule has 0 fully saturated rings. The van der Waals surface area contributed by atoms with Crippen LogP contribution in [0, 0.1) is 0 Å². The number of nitrogens with zero attached hydrogens (tertiary/aromatic N) is 1. The first-order valence-corrected chi connectivity index (χ1v) is 6.80. The Balaban J connectivity index is 1.98. The molecular weight excluding hydrogens is 277 g/mol. The van der Waals surface area contributed by atoms with Crippen molar-refractivity contribution >= 4 is 0 Å². The van der Waals surface area contributed by atoms with Gasteiger partial charge in [-0.25, -0.2) is 0 Å². The second-order valence-electron chi connectivity index (χ2n) is 4.76. The molecule has 0 spiro atoms. The Morgan fingerprint density at radius 2 is 1.90 bits per heavy atom. The molecule has 0 aliphatic rings. The molecule has 0 atom stereocenters. The van der Waals surface area contributed by atoms with Gasteiger partial charge in [-0.2, -0.15) is 13.2 Å². The molecule has 0 aliphatic heterocycles. The molecule has 1 N–H and O–H groups in total. The summed E-state index contributed by atoms with van der Waals surface area (Å²) < 4.78 is 37.9. The van der Waals surface area contributed by atoms with E-state index in [1.165, 1.54) is 12.1 Å². The summed E-state index contributed by atoms with van der Waals surface area (Å²) in [7, 11) is 0. The Hall–Kier alpha value is -1.88. The maximum absolute atomic E-state index is 12.6. The van der Waals surface area contributed by atoms with Crippen molar-refractivity contribution in [3.05, 3.63) is 65.0 Å². The molecule has 21 heavy (non-hydrogen) atoms. The van der Waals surface area contributed by atoms with Crippen LogP contribution in [-0.4, -0.2) is 4.98 Å². The predicted octanol–water partition coefficient (Wildman–Crippen LogP) is 3.95. The van der Waals surface area contributed by atoms with Crippen LogP contribution in [0.4, 0.5) is 13.2 Å². The molecule has 0 unspecified atom stereocenters. The van der Waals surface area contributed by atoms with E-state index in [1.54, 1.807) is 12.3 Å². The first kappa shape index (κ1) is 15.5. The number of aryl methyl sites for hydroxylation is 1. The van der Waals surface area contributed by atoms with E-state index < -0.39 is 11.7 Å². The summed E-state index contributed by atoms with van der Waals surface area (Å²) in [4.78, 5) is 4.30. The summed E-state index contributed by atoms with van der Waals surface area (Å²) in [5.41, 5.74) is 2.08. The summed E-state index contributed by atoms with van der Waals surface area (Å²) in [5.74, 6) is 0. The molecule has 0 saturated heterocycles. The molecule has 1 aromatic carbocycles. The third-order valence-corrected chi connectivity index (χ3v) is 3.24. The van der Waals surface area contributed by atoms with E-state index in [2.05, 4.69) is 10.3 Å². The summed E-state index contributed by atoms with van der Waals surface area (Å²) in [6.45, 7) is 2.97. The number of pyridine rings is 1. The fourth-order valence-corrected chi connectivity index (χ4v) is 2.14. The molecule has 0 aliphatic carbocycles. The number of aromatic nitrogens is 1. The van der Waals surface area contributed by atoms with Gasteiger partial charge >= 0.3 is 6.18 Å². The quantitative estimate of drug-likeness (QED) is 0.903. The molecule has 1 aromatic heterocycles. The second-order valence-corrected chi connectivity index (χ2v) is 4.76. The summed E-state index contributed by atoms with van der Waals surface area (Å²) in [6, 6.07) is 9.26. The predicted molar refractivity (Wildman–Crippen MR) is 75.6 cm³/mol. The lowest BCUT2D eigenvalue weighted by Gasteiger charge is -2.10. The molecule has 112 valence electrons. The minimum Gasteiger partial charge on any atom is -0.307 e. The fourth-order valence-electron chi connectivity index (χ4n) is 2.14. The van der Waals surface area contributed by atoms with Crippen LogP contribution < -0.4 is 5.32 Å². The van der Waals surface area contributed by atoms with E-state index in [1.807, 2.05) is 19.1 Å². The molecule has 0 bridgehead atoms. The molecule has 2 aromatic rings. The van der Waals surface area contributed by atoms with Gasteiger partial charge in [0.2, 0.25) is 0 Å². The van der Waals surface area contributed by atoms with Gasteiger partial charge in [0.05, 0.1) is 11.3 Å². The third-order valence-electron chi connectivity index (χ3n) is 3.24. The minimum atomic E-state index is -4.30. The van der Waals surface area contributed by atoms with Gasteiger partial charge in [0.25, 0.3) is 0 Å². The zero-order valence-electron chi connectivity index (χ0n) is 11.7. The number of halogens is 3. The SMILES string of the molecule is CCc1cccnc1CNCc1cccc(C(F)(F)F)c1. The smallest absolute Gasteiger partial charge is 0.307 e. The number of alkyl halides is 3. The van der Waals surface area contributed by atoms with Gasteiger partial charge in [-0.3, -0.25) is 4.98 Å². The number of hydrogen-bond donors (Lipinski definition) is 1. The van der Waals surface area contributed by atoms with E-state index in [-0.39, 0.29) is 0 Å². The monoisotopic (exact) mass is 294 g/mol. The highest BCUT2D eigenvalue weighted by Crippen LogP contribution is 2.29. The van der Waals surface area contributed by atoms with Gasteiger partial charge in [0, 0.05) is 19.3 Å². The number of rotatable bonds is 5. The van der Waals surface area contributed by atoms with Crippen molar-refractivity contribution in [1.29, 1.82) is 0 Å². The van der Waals surface area contributed by atoms with Gasteiger partial charge in [-0.1, -0.05) is 31.2 Å². The third kappa shape index (κ3) is 4.29. The van der Waals surface area contributed by atoms with Crippen LogP contribution in [0.25, 0.3) is 0 Å². The highest BCUT2D eigenvalue weighted by Gasteiger charge is 2.30. The molecule has 0 saturated carbocycles. The summed E-state index contributed by atoms with van der Waals surface area (Å²) >= 11 is 0. The maximum Gasteiger partial charge on any atom is 0.416 e. The lowest BCUT2D eigenvalue weighted by atomic mass is 10.1. The minimum absolute atomic E-state index is 0.379. The Morgan fingerprint density at radius 3 is 2.62 bits per heavy atom. The van der Waals surface area contributed by atoms with Crippen molar-refractivity contribution in [3.63, 3.8) is 0 Å². The van der Waals surface area contributed by atoms with Crippen LogP contribution in [0.3, 0.4) is 0 Å². The van der Waals surface area contributed by atoms with Gasteiger partial charge < -0.3 is 5.32 Å². The normalized spacial score (nSPS) is 11.6. The summed E-state index contributed by atoms with van der Waals surface area (Å²) in [5, 5.41) is 3.14. The zero-order valence-corrected chi connectivity index (χ0v) is 11.7. The number of hydrogen-bond acceptors (Lipinski definition) is 2.